The lowest BCUT2D eigenvalue weighted by Gasteiger charge is -2.02. The number of thiazole rings is 1. The molecular weight excluding hydrogens is 388 g/mol. The molecule has 138 valence electrons. The van der Waals surface area contributed by atoms with Crippen LogP contribution >= 0.6 is 22.9 Å². The van der Waals surface area contributed by atoms with Crippen LogP contribution in [0.1, 0.15) is 15.9 Å². The Morgan fingerprint density at radius 2 is 1.57 bits per heavy atom. The van der Waals surface area contributed by atoms with Gasteiger partial charge in [-0.15, -0.1) is 0 Å². The van der Waals surface area contributed by atoms with Crippen molar-refractivity contribution in [3.05, 3.63) is 95.0 Å². The topological polar surface area (TPSA) is 42.0 Å². The first-order chi connectivity index (χ1) is 13.6. The van der Waals surface area contributed by atoms with E-state index in [0.717, 1.165) is 27.3 Å². The van der Waals surface area contributed by atoms with E-state index >= 15 is 0 Å². The van der Waals surface area contributed by atoms with Crippen LogP contribution in [0.4, 0.5) is 5.13 Å². The number of aryl methyl sites for hydroxylation is 1. The number of carbonyl (C=O) groups excluding carboxylic acids is 1. The fourth-order valence-corrected chi connectivity index (χ4v) is 3.95. The lowest BCUT2D eigenvalue weighted by atomic mass is 10.1. The van der Waals surface area contributed by atoms with Gasteiger partial charge in [-0.25, -0.2) is 4.98 Å². The SMILES string of the molecule is Cc1ccc(C(=O)Nc2nc(-c3ccccc3)c(-c3ccc(Cl)cc3)s2)cc1. The van der Waals surface area contributed by atoms with Gasteiger partial charge in [0, 0.05) is 16.1 Å². The molecule has 0 saturated carbocycles. The van der Waals surface area contributed by atoms with Gasteiger partial charge in [0.1, 0.15) is 0 Å². The quantitative estimate of drug-likeness (QED) is 0.411. The van der Waals surface area contributed by atoms with Gasteiger partial charge in [-0.1, -0.05) is 83.1 Å². The highest BCUT2D eigenvalue weighted by molar-refractivity contribution is 7.19. The van der Waals surface area contributed by atoms with Crippen molar-refractivity contribution in [2.24, 2.45) is 0 Å². The molecule has 0 spiro atoms. The summed E-state index contributed by atoms with van der Waals surface area (Å²) in [6, 6.07) is 25.1. The Bertz CT molecular complexity index is 1100. The Hall–Kier alpha value is -2.95. The van der Waals surface area contributed by atoms with Crippen molar-refractivity contribution >= 4 is 34.0 Å². The average molecular weight is 405 g/mol. The molecule has 0 fully saturated rings. The number of aromatic nitrogens is 1. The number of benzene rings is 3. The van der Waals surface area contributed by atoms with Gasteiger partial charge < -0.3 is 0 Å². The van der Waals surface area contributed by atoms with Crippen LogP contribution in [0.3, 0.4) is 0 Å². The summed E-state index contributed by atoms with van der Waals surface area (Å²) in [4.78, 5) is 18.3. The molecule has 1 N–H and O–H groups in total. The second kappa shape index (κ2) is 7.97. The normalized spacial score (nSPS) is 10.6. The number of anilines is 1. The van der Waals surface area contributed by atoms with E-state index in [4.69, 9.17) is 16.6 Å². The van der Waals surface area contributed by atoms with E-state index in [-0.39, 0.29) is 5.91 Å². The number of hydrogen-bond acceptors (Lipinski definition) is 3. The Kier molecular flexibility index (Phi) is 5.24. The molecule has 0 aliphatic carbocycles. The van der Waals surface area contributed by atoms with Crippen molar-refractivity contribution in [1.82, 2.24) is 4.98 Å². The van der Waals surface area contributed by atoms with Crippen LogP contribution in [0.15, 0.2) is 78.9 Å². The number of hydrogen-bond donors (Lipinski definition) is 1. The van der Waals surface area contributed by atoms with E-state index in [9.17, 15) is 4.79 Å². The molecule has 0 saturated heterocycles. The molecule has 1 aromatic heterocycles. The van der Waals surface area contributed by atoms with Gasteiger partial charge in [0.25, 0.3) is 5.91 Å². The van der Waals surface area contributed by atoms with Crippen LogP contribution < -0.4 is 5.32 Å². The van der Waals surface area contributed by atoms with Gasteiger partial charge in [0.15, 0.2) is 5.13 Å². The Morgan fingerprint density at radius 3 is 2.25 bits per heavy atom. The van der Waals surface area contributed by atoms with Crippen molar-refractivity contribution in [2.45, 2.75) is 6.92 Å². The van der Waals surface area contributed by atoms with Gasteiger partial charge in [-0.2, -0.15) is 0 Å². The Morgan fingerprint density at radius 1 is 0.893 bits per heavy atom. The van der Waals surface area contributed by atoms with Crippen LogP contribution in [0.5, 0.6) is 0 Å². The molecule has 0 aliphatic rings. The number of nitrogens with one attached hydrogen (secondary N) is 1. The summed E-state index contributed by atoms with van der Waals surface area (Å²) >= 11 is 7.49. The zero-order valence-corrected chi connectivity index (χ0v) is 16.7. The molecular formula is C23H17ClN2OS. The largest absolute Gasteiger partial charge is 0.298 e. The first-order valence-electron chi connectivity index (χ1n) is 8.80. The first-order valence-corrected chi connectivity index (χ1v) is 10.00. The van der Waals surface area contributed by atoms with Gasteiger partial charge in [0.05, 0.1) is 10.6 Å². The smallest absolute Gasteiger partial charge is 0.257 e. The molecule has 0 aliphatic heterocycles. The van der Waals surface area contributed by atoms with Gasteiger partial charge in [0.2, 0.25) is 0 Å². The minimum absolute atomic E-state index is 0.170. The van der Waals surface area contributed by atoms with E-state index < -0.39 is 0 Å². The van der Waals surface area contributed by atoms with E-state index in [1.54, 1.807) is 0 Å². The summed E-state index contributed by atoms with van der Waals surface area (Å²) in [7, 11) is 0. The summed E-state index contributed by atoms with van der Waals surface area (Å²) in [5.41, 5.74) is 4.57. The lowest BCUT2D eigenvalue weighted by Crippen LogP contribution is -2.11. The van der Waals surface area contributed by atoms with Gasteiger partial charge in [-0.05, 0) is 36.8 Å². The number of nitrogens with zero attached hydrogens (tertiary/aromatic N) is 1. The minimum Gasteiger partial charge on any atom is -0.298 e. The van der Waals surface area contributed by atoms with Gasteiger partial charge >= 0.3 is 0 Å². The maximum atomic E-state index is 12.6. The molecule has 4 rings (SSSR count). The first kappa shape index (κ1) is 18.4. The van der Waals surface area contributed by atoms with Crippen molar-refractivity contribution < 1.29 is 4.79 Å². The van der Waals surface area contributed by atoms with Crippen LogP contribution in [-0.2, 0) is 0 Å². The summed E-state index contributed by atoms with van der Waals surface area (Å²) in [5.74, 6) is -0.170. The standard InChI is InChI=1S/C23H17ClN2OS/c1-15-7-9-18(10-8-15)22(27)26-23-25-20(16-5-3-2-4-6-16)21(28-23)17-11-13-19(24)14-12-17/h2-14H,1H3,(H,25,26,27). The van der Waals surface area contributed by atoms with E-state index in [1.165, 1.54) is 11.3 Å². The zero-order valence-electron chi connectivity index (χ0n) is 15.1. The highest BCUT2D eigenvalue weighted by Crippen LogP contribution is 2.39. The molecule has 28 heavy (non-hydrogen) atoms. The third-order valence-electron chi connectivity index (χ3n) is 4.32. The highest BCUT2D eigenvalue weighted by atomic mass is 35.5. The molecule has 0 radical (unpaired) electrons. The second-order valence-corrected chi connectivity index (χ2v) is 7.83. The maximum Gasteiger partial charge on any atom is 0.257 e. The number of halogens is 1. The molecule has 4 aromatic rings. The minimum atomic E-state index is -0.170. The number of carbonyl (C=O) groups is 1. The van der Waals surface area contributed by atoms with Crippen LogP contribution in [0.2, 0.25) is 5.02 Å². The summed E-state index contributed by atoms with van der Waals surface area (Å²) in [6.07, 6.45) is 0. The van der Waals surface area contributed by atoms with E-state index in [1.807, 2.05) is 85.8 Å². The predicted octanol–water partition coefficient (Wildman–Crippen LogP) is 6.69. The van der Waals surface area contributed by atoms with Crippen molar-refractivity contribution in [1.29, 1.82) is 0 Å². The van der Waals surface area contributed by atoms with Crippen molar-refractivity contribution in [2.75, 3.05) is 5.32 Å². The van der Waals surface area contributed by atoms with Crippen LogP contribution in [0.25, 0.3) is 21.7 Å². The van der Waals surface area contributed by atoms with E-state index in [2.05, 4.69) is 5.32 Å². The average Bonchev–Trinajstić information content (AvgIpc) is 3.13. The fourth-order valence-electron chi connectivity index (χ4n) is 2.84. The Labute approximate surface area is 172 Å². The second-order valence-electron chi connectivity index (χ2n) is 6.39. The summed E-state index contributed by atoms with van der Waals surface area (Å²) in [6.45, 7) is 1.99. The van der Waals surface area contributed by atoms with Gasteiger partial charge in [-0.3, -0.25) is 10.1 Å². The van der Waals surface area contributed by atoms with Crippen molar-refractivity contribution in [3.8, 4) is 21.7 Å². The van der Waals surface area contributed by atoms with Crippen LogP contribution in [-0.4, -0.2) is 10.9 Å². The summed E-state index contributed by atoms with van der Waals surface area (Å²) < 4.78 is 0. The van der Waals surface area contributed by atoms with Crippen LogP contribution in [0, 0.1) is 6.92 Å². The number of amides is 1. The van der Waals surface area contributed by atoms with Crippen molar-refractivity contribution in [3.63, 3.8) is 0 Å². The summed E-state index contributed by atoms with van der Waals surface area (Å²) in [5, 5.41) is 4.18. The molecule has 5 heteroatoms. The third-order valence-corrected chi connectivity index (χ3v) is 5.59. The molecule has 3 nitrogen and oxygen atoms in total. The highest BCUT2D eigenvalue weighted by Gasteiger charge is 2.17. The molecule has 0 atom stereocenters. The maximum absolute atomic E-state index is 12.6. The fraction of sp³-hybridized carbons (Fsp3) is 0.0435. The Balaban J connectivity index is 1.71. The molecule has 1 heterocycles. The zero-order chi connectivity index (χ0) is 19.5. The monoisotopic (exact) mass is 404 g/mol. The predicted molar refractivity (Wildman–Crippen MR) is 117 cm³/mol. The molecule has 3 aromatic carbocycles. The third kappa shape index (κ3) is 3.98. The molecule has 0 bridgehead atoms. The van der Waals surface area contributed by atoms with E-state index in [0.29, 0.717) is 15.7 Å². The lowest BCUT2D eigenvalue weighted by molar-refractivity contribution is 0.102. The number of rotatable bonds is 4. The molecule has 0 unspecified atom stereocenters. The molecule has 1 amide bonds.